The molecule has 0 aliphatic rings. The van der Waals surface area contributed by atoms with Crippen molar-refractivity contribution in [2.24, 2.45) is 0 Å². The van der Waals surface area contributed by atoms with Crippen LogP contribution in [0.25, 0.3) is 0 Å². The van der Waals surface area contributed by atoms with Gasteiger partial charge in [0.1, 0.15) is 0 Å². The van der Waals surface area contributed by atoms with Crippen molar-refractivity contribution < 1.29 is 27.4 Å². The number of carbonyl (C=O) groups excluding carboxylic acids is 1. The van der Waals surface area contributed by atoms with E-state index < -0.39 is 15.7 Å². The lowest BCUT2D eigenvalue weighted by molar-refractivity contribution is -0.115. The molecule has 0 unspecified atom stereocenters. The van der Waals surface area contributed by atoms with E-state index in [9.17, 15) is 13.2 Å². The highest BCUT2D eigenvalue weighted by atomic mass is 32.2. The maximum Gasteiger partial charge on any atom is 0.225 e. The summed E-state index contributed by atoms with van der Waals surface area (Å²) in [5.41, 5.74) is 1.12. The zero-order valence-corrected chi connectivity index (χ0v) is 16.3. The number of anilines is 1. The summed E-state index contributed by atoms with van der Waals surface area (Å²) < 4.78 is 40.1. The fourth-order valence-corrected chi connectivity index (χ4v) is 3.87. The van der Waals surface area contributed by atoms with E-state index in [4.69, 9.17) is 14.2 Å². The first kappa shape index (κ1) is 20.6. The summed E-state index contributed by atoms with van der Waals surface area (Å²) in [7, 11) is 1.04. The van der Waals surface area contributed by atoms with E-state index in [1.54, 1.807) is 36.4 Å². The molecule has 146 valence electrons. The highest BCUT2D eigenvalue weighted by Crippen LogP contribution is 2.39. The number of amides is 1. The second-order valence-electron chi connectivity index (χ2n) is 5.79. The first-order valence-corrected chi connectivity index (χ1v) is 10.0. The Kier molecular flexibility index (Phi) is 7.06. The summed E-state index contributed by atoms with van der Waals surface area (Å²) in [5, 5.41) is 2.66. The molecule has 8 heteroatoms. The van der Waals surface area contributed by atoms with Crippen LogP contribution in [0.5, 0.6) is 17.2 Å². The third kappa shape index (κ3) is 5.89. The van der Waals surface area contributed by atoms with Crippen LogP contribution >= 0.6 is 0 Å². The molecule has 0 saturated carbocycles. The van der Waals surface area contributed by atoms with Gasteiger partial charge in [-0.05, 0) is 5.56 Å². The zero-order valence-electron chi connectivity index (χ0n) is 15.5. The average Bonchev–Trinajstić information content (AvgIpc) is 2.66. The molecule has 2 rings (SSSR count). The second kappa shape index (κ2) is 9.27. The van der Waals surface area contributed by atoms with Crippen LogP contribution in [-0.4, -0.2) is 41.4 Å². The summed E-state index contributed by atoms with van der Waals surface area (Å²) in [6.45, 7) is 0. The maximum absolute atomic E-state index is 12.2. The fourth-order valence-electron chi connectivity index (χ4n) is 2.53. The van der Waals surface area contributed by atoms with Gasteiger partial charge in [0.2, 0.25) is 11.7 Å². The van der Waals surface area contributed by atoms with Gasteiger partial charge in [-0.25, -0.2) is 8.42 Å². The normalized spacial score (nSPS) is 10.9. The Morgan fingerprint density at radius 3 is 2.07 bits per heavy atom. The quantitative estimate of drug-likeness (QED) is 0.704. The van der Waals surface area contributed by atoms with Gasteiger partial charge >= 0.3 is 0 Å². The molecule has 7 nitrogen and oxygen atoms in total. The van der Waals surface area contributed by atoms with Crippen molar-refractivity contribution in [1.29, 1.82) is 0 Å². The number of methoxy groups -OCH3 is 3. The monoisotopic (exact) mass is 393 g/mol. The standard InChI is InChI=1S/C19H23NO6S/c1-24-16-11-15(12-17(25-2)19(16)26-3)20-18(21)9-10-27(22,23)13-14-7-5-4-6-8-14/h4-8,11-12H,9-10,13H2,1-3H3,(H,20,21). The van der Waals surface area contributed by atoms with Crippen molar-refractivity contribution in [2.45, 2.75) is 12.2 Å². The van der Waals surface area contributed by atoms with E-state index in [0.29, 0.717) is 28.5 Å². The number of nitrogens with one attached hydrogen (secondary N) is 1. The molecular formula is C19H23NO6S. The molecule has 2 aromatic rings. The Labute approximate surface area is 159 Å². The van der Waals surface area contributed by atoms with Gasteiger partial charge in [0, 0.05) is 24.2 Å². The lowest BCUT2D eigenvalue weighted by atomic mass is 10.2. The molecule has 0 bridgehead atoms. The molecule has 1 amide bonds. The Morgan fingerprint density at radius 2 is 1.56 bits per heavy atom. The lowest BCUT2D eigenvalue weighted by Crippen LogP contribution is -2.18. The molecule has 0 atom stereocenters. The first-order valence-electron chi connectivity index (χ1n) is 8.22. The number of rotatable bonds is 9. The minimum atomic E-state index is -3.39. The second-order valence-corrected chi connectivity index (χ2v) is 7.97. The Morgan fingerprint density at radius 1 is 0.963 bits per heavy atom. The molecule has 0 saturated heterocycles. The molecule has 1 N–H and O–H groups in total. The smallest absolute Gasteiger partial charge is 0.225 e. The number of benzene rings is 2. The zero-order chi connectivity index (χ0) is 19.9. The van der Waals surface area contributed by atoms with E-state index in [1.165, 1.54) is 21.3 Å². The summed E-state index contributed by atoms with van der Waals surface area (Å²) >= 11 is 0. The average molecular weight is 393 g/mol. The highest BCUT2D eigenvalue weighted by molar-refractivity contribution is 7.90. The van der Waals surface area contributed by atoms with Crippen LogP contribution in [0.2, 0.25) is 0 Å². The molecule has 0 heterocycles. The van der Waals surface area contributed by atoms with Crippen molar-refractivity contribution in [3.05, 3.63) is 48.0 Å². The minimum Gasteiger partial charge on any atom is -0.493 e. The molecule has 0 radical (unpaired) electrons. The summed E-state index contributed by atoms with van der Waals surface area (Å²) in [6, 6.07) is 12.0. The van der Waals surface area contributed by atoms with Crippen molar-refractivity contribution in [1.82, 2.24) is 0 Å². The fraction of sp³-hybridized carbons (Fsp3) is 0.316. The Hall–Kier alpha value is -2.74. The van der Waals surface area contributed by atoms with Crippen LogP contribution in [-0.2, 0) is 20.4 Å². The number of ether oxygens (including phenoxy) is 3. The van der Waals surface area contributed by atoms with Crippen molar-refractivity contribution >= 4 is 21.4 Å². The van der Waals surface area contributed by atoms with E-state index in [-0.39, 0.29) is 17.9 Å². The van der Waals surface area contributed by atoms with Gasteiger partial charge in [-0.15, -0.1) is 0 Å². The summed E-state index contributed by atoms with van der Waals surface area (Å²) in [5.74, 6) is 0.445. The third-order valence-corrected chi connectivity index (χ3v) is 5.42. The summed E-state index contributed by atoms with van der Waals surface area (Å²) in [6.07, 6.45) is -0.147. The van der Waals surface area contributed by atoms with Gasteiger partial charge < -0.3 is 19.5 Å². The van der Waals surface area contributed by atoms with E-state index >= 15 is 0 Å². The molecule has 0 aliphatic carbocycles. The van der Waals surface area contributed by atoms with Crippen LogP contribution < -0.4 is 19.5 Å². The lowest BCUT2D eigenvalue weighted by Gasteiger charge is -2.14. The molecule has 0 aliphatic heterocycles. The Bertz CT molecular complexity index is 855. The van der Waals surface area contributed by atoms with E-state index in [1.807, 2.05) is 6.07 Å². The number of hydrogen-bond acceptors (Lipinski definition) is 6. The van der Waals surface area contributed by atoms with Crippen molar-refractivity contribution in [3.8, 4) is 17.2 Å². The van der Waals surface area contributed by atoms with Gasteiger partial charge in [-0.2, -0.15) is 0 Å². The van der Waals surface area contributed by atoms with Gasteiger partial charge in [0.05, 0.1) is 32.8 Å². The van der Waals surface area contributed by atoms with Crippen molar-refractivity contribution in [3.63, 3.8) is 0 Å². The Balaban J connectivity index is 2.01. The largest absolute Gasteiger partial charge is 0.493 e. The third-order valence-electron chi connectivity index (χ3n) is 3.82. The molecule has 2 aromatic carbocycles. The predicted molar refractivity (Wildman–Crippen MR) is 103 cm³/mol. The van der Waals surface area contributed by atoms with Crippen LogP contribution in [0, 0.1) is 0 Å². The first-order chi connectivity index (χ1) is 12.9. The van der Waals surface area contributed by atoms with Gasteiger partial charge in [0.25, 0.3) is 0 Å². The van der Waals surface area contributed by atoms with Gasteiger partial charge in [0.15, 0.2) is 21.3 Å². The van der Waals surface area contributed by atoms with Crippen molar-refractivity contribution in [2.75, 3.05) is 32.4 Å². The molecular weight excluding hydrogens is 370 g/mol. The maximum atomic E-state index is 12.2. The van der Waals surface area contributed by atoms with E-state index in [2.05, 4.69) is 5.32 Å². The van der Waals surface area contributed by atoms with Gasteiger partial charge in [-0.3, -0.25) is 4.79 Å². The van der Waals surface area contributed by atoms with E-state index in [0.717, 1.165) is 0 Å². The molecule has 27 heavy (non-hydrogen) atoms. The van der Waals surface area contributed by atoms with Crippen LogP contribution in [0.15, 0.2) is 42.5 Å². The molecule has 0 fully saturated rings. The number of sulfone groups is 1. The predicted octanol–water partition coefficient (Wildman–Crippen LogP) is 2.66. The highest BCUT2D eigenvalue weighted by Gasteiger charge is 2.17. The van der Waals surface area contributed by atoms with Crippen LogP contribution in [0.4, 0.5) is 5.69 Å². The number of carbonyl (C=O) groups is 1. The molecule has 0 spiro atoms. The van der Waals surface area contributed by atoms with Gasteiger partial charge in [-0.1, -0.05) is 30.3 Å². The van der Waals surface area contributed by atoms with Crippen LogP contribution in [0.3, 0.4) is 0 Å². The topological polar surface area (TPSA) is 90.9 Å². The number of hydrogen-bond donors (Lipinski definition) is 1. The SMILES string of the molecule is COc1cc(NC(=O)CCS(=O)(=O)Cc2ccccc2)cc(OC)c1OC. The summed E-state index contributed by atoms with van der Waals surface area (Å²) in [4.78, 5) is 12.2. The molecule has 0 aromatic heterocycles. The minimum absolute atomic E-state index is 0.0920. The van der Waals surface area contributed by atoms with Crippen LogP contribution in [0.1, 0.15) is 12.0 Å².